The summed E-state index contributed by atoms with van der Waals surface area (Å²) < 4.78 is 0. The molecule has 2 heteroatoms. The van der Waals surface area contributed by atoms with E-state index in [1.165, 1.54) is 18.4 Å². The minimum Gasteiger partial charge on any atom is -0.387 e. The summed E-state index contributed by atoms with van der Waals surface area (Å²) in [4.78, 5) is 4.60. The van der Waals surface area contributed by atoms with Crippen molar-refractivity contribution in [2.24, 2.45) is 10.7 Å². The number of hydrogen-bond donors (Lipinski definition) is 1. The summed E-state index contributed by atoms with van der Waals surface area (Å²) in [6.45, 7) is 4.17. The minimum absolute atomic E-state index is 0.00549. The Balaban J connectivity index is 2.40. The molecule has 2 nitrogen and oxygen atoms in total. The molecule has 0 radical (unpaired) electrons. The maximum atomic E-state index is 6.30. The van der Waals surface area contributed by atoms with Crippen LogP contribution < -0.4 is 5.73 Å². The van der Waals surface area contributed by atoms with Crippen LogP contribution in [0.3, 0.4) is 0 Å². The Bertz CT molecular complexity index is 387. The molecule has 0 saturated heterocycles. The number of hydrogen-bond acceptors (Lipinski definition) is 1. The van der Waals surface area contributed by atoms with Crippen LogP contribution in [0.15, 0.2) is 35.3 Å². The van der Waals surface area contributed by atoms with Crippen molar-refractivity contribution in [2.45, 2.75) is 51.0 Å². The fraction of sp³-hybridized carbons (Fsp3) is 0.533. The molecule has 0 bridgehead atoms. The Morgan fingerprint density at radius 2 is 1.76 bits per heavy atom. The van der Waals surface area contributed by atoms with Gasteiger partial charge in [-0.3, -0.25) is 4.99 Å². The van der Waals surface area contributed by atoms with E-state index in [4.69, 9.17) is 5.73 Å². The fourth-order valence-corrected chi connectivity index (χ4v) is 2.83. The molecule has 17 heavy (non-hydrogen) atoms. The summed E-state index contributed by atoms with van der Waals surface area (Å²) in [5.74, 6) is 0.830. The van der Waals surface area contributed by atoms with E-state index < -0.39 is 0 Å². The highest BCUT2D eigenvalue weighted by atomic mass is 14.9. The fourth-order valence-electron chi connectivity index (χ4n) is 2.83. The van der Waals surface area contributed by atoms with E-state index >= 15 is 0 Å². The Labute approximate surface area is 104 Å². The van der Waals surface area contributed by atoms with Crippen LogP contribution in [0.1, 0.15) is 45.1 Å². The molecular formula is C15H22N2. The molecule has 1 aliphatic carbocycles. The Hall–Kier alpha value is -1.31. The van der Waals surface area contributed by atoms with E-state index in [1.54, 1.807) is 0 Å². The van der Waals surface area contributed by atoms with E-state index in [-0.39, 0.29) is 11.5 Å². The van der Waals surface area contributed by atoms with Crippen LogP contribution in [0.2, 0.25) is 0 Å². The monoisotopic (exact) mass is 230 g/mol. The van der Waals surface area contributed by atoms with Crippen LogP contribution in [0.4, 0.5) is 0 Å². The van der Waals surface area contributed by atoms with Crippen LogP contribution in [0.25, 0.3) is 0 Å². The average molecular weight is 230 g/mol. The molecule has 2 N–H and O–H groups in total. The Kier molecular flexibility index (Phi) is 3.51. The van der Waals surface area contributed by atoms with Gasteiger partial charge in [0, 0.05) is 6.04 Å². The van der Waals surface area contributed by atoms with Gasteiger partial charge in [0.15, 0.2) is 0 Å². The minimum atomic E-state index is 0.00549. The van der Waals surface area contributed by atoms with Gasteiger partial charge in [0.1, 0.15) is 5.84 Å². The first-order valence-electron chi connectivity index (χ1n) is 6.54. The van der Waals surface area contributed by atoms with Crippen molar-refractivity contribution in [3.8, 4) is 0 Å². The number of nitrogens with zero attached hydrogens (tertiary/aromatic N) is 1. The van der Waals surface area contributed by atoms with Crippen molar-refractivity contribution in [3.05, 3.63) is 35.9 Å². The molecule has 0 aliphatic heterocycles. The zero-order chi connectivity index (χ0) is 12.3. The van der Waals surface area contributed by atoms with Gasteiger partial charge in [0.05, 0.1) is 5.41 Å². The molecule has 0 atom stereocenters. The van der Waals surface area contributed by atoms with Crippen molar-refractivity contribution in [1.82, 2.24) is 0 Å². The first-order chi connectivity index (χ1) is 8.15. The number of rotatable bonds is 3. The topological polar surface area (TPSA) is 38.4 Å². The third-order valence-electron chi connectivity index (χ3n) is 3.67. The second-order valence-electron chi connectivity index (χ2n) is 5.26. The third-order valence-corrected chi connectivity index (χ3v) is 3.67. The van der Waals surface area contributed by atoms with E-state index in [0.717, 1.165) is 18.7 Å². The van der Waals surface area contributed by atoms with Crippen molar-refractivity contribution in [1.29, 1.82) is 0 Å². The normalized spacial score (nSPS) is 19.8. The molecule has 2 rings (SSSR count). The molecule has 0 heterocycles. The molecule has 0 spiro atoms. The molecular weight excluding hydrogens is 208 g/mol. The third kappa shape index (κ3) is 2.36. The largest absolute Gasteiger partial charge is 0.387 e. The smallest absolute Gasteiger partial charge is 0.105 e. The second kappa shape index (κ2) is 4.91. The van der Waals surface area contributed by atoms with Crippen LogP contribution in [-0.2, 0) is 5.41 Å². The van der Waals surface area contributed by atoms with Crippen LogP contribution in [-0.4, -0.2) is 11.9 Å². The summed E-state index contributed by atoms with van der Waals surface area (Å²) in [7, 11) is 0. The van der Waals surface area contributed by atoms with Crippen molar-refractivity contribution < 1.29 is 0 Å². The predicted octanol–water partition coefficient (Wildman–Crippen LogP) is 3.26. The van der Waals surface area contributed by atoms with Gasteiger partial charge in [-0.2, -0.15) is 0 Å². The average Bonchev–Trinajstić information content (AvgIpc) is 2.79. The van der Waals surface area contributed by atoms with Gasteiger partial charge in [0.2, 0.25) is 0 Å². The lowest BCUT2D eigenvalue weighted by molar-refractivity contribution is 0.585. The van der Waals surface area contributed by atoms with E-state index in [9.17, 15) is 0 Å². The molecule has 1 aliphatic rings. The summed E-state index contributed by atoms with van der Waals surface area (Å²) in [6, 6.07) is 10.9. The summed E-state index contributed by atoms with van der Waals surface area (Å²) in [5.41, 5.74) is 7.64. The van der Waals surface area contributed by atoms with Gasteiger partial charge in [-0.25, -0.2) is 0 Å². The van der Waals surface area contributed by atoms with Gasteiger partial charge in [-0.15, -0.1) is 0 Å². The van der Waals surface area contributed by atoms with Gasteiger partial charge in [0.25, 0.3) is 0 Å². The van der Waals surface area contributed by atoms with Crippen LogP contribution in [0, 0.1) is 0 Å². The molecule has 1 aromatic carbocycles. The summed E-state index contributed by atoms with van der Waals surface area (Å²) >= 11 is 0. The SMILES string of the molecule is CC(C)N=C(N)C1(c2ccccc2)CCCC1. The predicted molar refractivity (Wildman–Crippen MR) is 73.3 cm³/mol. The summed E-state index contributed by atoms with van der Waals surface area (Å²) in [6.07, 6.45) is 4.78. The molecule has 1 aromatic rings. The first kappa shape index (κ1) is 12.2. The maximum absolute atomic E-state index is 6.30. The standard InChI is InChI=1S/C15H22N2/c1-12(2)17-14(16)15(10-6-7-11-15)13-8-4-3-5-9-13/h3-5,8-9,12H,6-7,10-11H2,1-2H3,(H2,16,17). The first-order valence-corrected chi connectivity index (χ1v) is 6.54. The highest BCUT2D eigenvalue weighted by Crippen LogP contribution is 2.41. The van der Waals surface area contributed by atoms with E-state index in [2.05, 4.69) is 49.2 Å². The zero-order valence-electron chi connectivity index (χ0n) is 10.8. The summed E-state index contributed by atoms with van der Waals surface area (Å²) in [5, 5.41) is 0. The molecule has 1 saturated carbocycles. The number of amidine groups is 1. The number of benzene rings is 1. The van der Waals surface area contributed by atoms with Crippen LogP contribution in [0.5, 0.6) is 0 Å². The maximum Gasteiger partial charge on any atom is 0.105 e. The van der Waals surface area contributed by atoms with Crippen molar-refractivity contribution >= 4 is 5.84 Å². The second-order valence-corrected chi connectivity index (χ2v) is 5.26. The number of aliphatic imine (C=N–C) groups is 1. The lowest BCUT2D eigenvalue weighted by Gasteiger charge is -2.29. The van der Waals surface area contributed by atoms with Gasteiger partial charge in [-0.1, -0.05) is 43.2 Å². The van der Waals surface area contributed by atoms with Gasteiger partial charge in [-0.05, 0) is 32.3 Å². The molecule has 0 unspecified atom stereocenters. The highest BCUT2D eigenvalue weighted by Gasteiger charge is 2.39. The zero-order valence-corrected chi connectivity index (χ0v) is 10.8. The van der Waals surface area contributed by atoms with E-state index in [0.29, 0.717) is 0 Å². The lowest BCUT2D eigenvalue weighted by Crippen LogP contribution is -2.39. The highest BCUT2D eigenvalue weighted by molar-refractivity contribution is 5.92. The molecule has 1 fully saturated rings. The molecule has 92 valence electrons. The molecule has 0 aromatic heterocycles. The van der Waals surface area contributed by atoms with Gasteiger partial charge >= 0.3 is 0 Å². The Morgan fingerprint density at radius 3 is 2.29 bits per heavy atom. The quantitative estimate of drug-likeness (QED) is 0.628. The van der Waals surface area contributed by atoms with Crippen LogP contribution >= 0.6 is 0 Å². The number of nitrogens with two attached hydrogens (primary N) is 1. The van der Waals surface area contributed by atoms with E-state index in [1.807, 2.05) is 0 Å². The van der Waals surface area contributed by atoms with Crippen molar-refractivity contribution in [3.63, 3.8) is 0 Å². The molecule has 0 amide bonds. The Morgan fingerprint density at radius 1 is 1.18 bits per heavy atom. The van der Waals surface area contributed by atoms with Gasteiger partial charge < -0.3 is 5.73 Å². The lowest BCUT2D eigenvalue weighted by atomic mass is 9.77. The van der Waals surface area contributed by atoms with Crippen molar-refractivity contribution in [2.75, 3.05) is 0 Å².